The number of carbonyl (C=O) groups excluding carboxylic acids is 1. The van der Waals surface area contributed by atoms with Crippen molar-refractivity contribution >= 4 is 5.91 Å². The molecule has 2 heterocycles. The van der Waals surface area contributed by atoms with Crippen LogP contribution in [0.5, 0.6) is 0 Å². The first-order chi connectivity index (χ1) is 9.24. The molecule has 6 heteroatoms. The van der Waals surface area contributed by atoms with Crippen LogP contribution in [0.25, 0.3) is 0 Å². The summed E-state index contributed by atoms with van der Waals surface area (Å²) in [6.07, 6.45) is 3.99. The van der Waals surface area contributed by atoms with Crippen molar-refractivity contribution in [2.24, 2.45) is 5.84 Å². The molecule has 1 aliphatic heterocycles. The van der Waals surface area contributed by atoms with E-state index in [0.717, 1.165) is 32.5 Å². The Labute approximate surface area is 112 Å². The van der Waals surface area contributed by atoms with Crippen LogP contribution in [0.3, 0.4) is 0 Å². The number of rotatable bonds is 5. The third-order valence-electron chi connectivity index (χ3n) is 3.35. The van der Waals surface area contributed by atoms with E-state index in [0.29, 0.717) is 17.9 Å². The van der Waals surface area contributed by atoms with Gasteiger partial charge in [0, 0.05) is 13.2 Å². The summed E-state index contributed by atoms with van der Waals surface area (Å²) in [4.78, 5) is 13.8. The van der Waals surface area contributed by atoms with Crippen molar-refractivity contribution < 1.29 is 13.9 Å². The average Bonchev–Trinajstić information content (AvgIpc) is 2.87. The van der Waals surface area contributed by atoms with E-state index in [1.165, 1.54) is 6.26 Å². The zero-order valence-corrected chi connectivity index (χ0v) is 11.2. The maximum absolute atomic E-state index is 11.6. The number of nitrogens with two attached hydrogens (primary N) is 1. The van der Waals surface area contributed by atoms with Crippen LogP contribution in [0.15, 0.2) is 16.7 Å². The highest BCUT2D eigenvalue weighted by molar-refractivity contribution is 5.94. The molecule has 3 N–H and O–H groups in total. The number of nitrogen functional groups attached to an aromatic ring is 1. The molecule has 0 aromatic carbocycles. The molecule has 1 saturated heterocycles. The van der Waals surface area contributed by atoms with Gasteiger partial charge in [-0.15, -0.1) is 0 Å². The molecule has 0 bridgehead atoms. The standard InChI is InChI=1S/C13H21N3O3/c1-2-18-10-4-3-6-16(8-10)9-12-11(5-7-19-12)13(17)15-14/h5,7,10H,2-4,6,8-9,14H2,1H3,(H,15,17). The summed E-state index contributed by atoms with van der Waals surface area (Å²) < 4.78 is 11.0. The van der Waals surface area contributed by atoms with Gasteiger partial charge in [0.2, 0.25) is 0 Å². The second-order valence-electron chi connectivity index (χ2n) is 4.69. The molecule has 1 amide bonds. The number of piperidine rings is 1. The van der Waals surface area contributed by atoms with Gasteiger partial charge in [0.05, 0.1) is 24.5 Å². The lowest BCUT2D eigenvalue weighted by molar-refractivity contribution is 0.00194. The summed E-state index contributed by atoms with van der Waals surface area (Å²) in [6, 6.07) is 1.64. The third-order valence-corrected chi connectivity index (χ3v) is 3.35. The van der Waals surface area contributed by atoms with Crippen LogP contribution < -0.4 is 11.3 Å². The number of hydrogen-bond acceptors (Lipinski definition) is 5. The van der Waals surface area contributed by atoms with Gasteiger partial charge in [0.25, 0.3) is 5.91 Å². The highest BCUT2D eigenvalue weighted by Gasteiger charge is 2.23. The molecule has 19 heavy (non-hydrogen) atoms. The molecule has 1 fully saturated rings. The maximum Gasteiger partial charge on any atom is 0.268 e. The lowest BCUT2D eigenvalue weighted by Gasteiger charge is -2.31. The van der Waals surface area contributed by atoms with Crippen LogP contribution in [0, 0.1) is 0 Å². The Kier molecular flexibility index (Phi) is 4.95. The van der Waals surface area contributed by atoms with Crippen LogP contribution in [0.2, 0.25) is 0 Å². The zero-order valence-electron chi connectivity index (χ0n) is 11.2. The van der Waals surface area contributed by atoms with E-state index in [4.69, 9.17) is 15.0 Å². The molecule has 6 nitrogen and oxygen atoms in total. The second-order valence-corrected chi connectivity index (χ2v) is 4.69. The molecule has 0 saturated carbocycles. The topological polar surface area (TPSA) is 80.7 Å². The van der Waals surface area contributed by atoms with E-state index in [1.807, 2.05) is 6.92 Å². The smallest absolute Gasteiger partial charge is 0.268 e. The van der Waals surface area contributed by atoms with Gasteiger partial charge < -0.3 is 9.15 Å². The largest absolute Gasteiger partial charge is 0.467 e. The molecule has 1 aliphatic rings. The first-order valence-electron chi connectivity index (χ1n) is 6.65. The number of likely N-dealkylation sites (tertiary alicyclic amines) is 1. The Bertz CT molecular complexity index is 417. The number of ether oxygens (including phenoxy) is 1. The van der Waals surface area contributed by atoms with Crippen molar-refractivity contribution in [1.29, 1.82) is 0 Å². The van der Waals surface area contributed by atoms with E-state index in [1.54, 1.807) is 6.07 Å². The number of amides is 1. The monoisotopic (exact) mass is 267 g/mol. The maximum atomic E-state index is 11.6. The van der Waals surface area contributed by atoms with Crippen molar-refractivity contribution in [3.8, 4) is 0 Å². The van der Waals surface area contributed by atoms with Crippen LogP contribution in [-0.2, 0) is 11.3 Å². The average molecular weight is 267 g/mol. The predicted molar refractivity (Wildman–Crippen MR) is 70.3 cm³/mol. The molecule has 1 atom stereocenters. The highest BCUT2D eigenvalue weighted by Crippen LogP contribution is 2.18. The fourth-order valence-electron chi connectivity index (χ4n) is 2.47. The zero-order chi connectivity index (χ0) is 13.7. The van der Waals surface area contributed by atoms with Crippen LogP contribution in [0.4, 0.5) is 0 Å². The molecule has 1 unspecified atom stereocenters. The summed E-state index contributed by atoms with van der Waals surface area (Å²) in [5, 5.41) is 0. The number of hydrazine groups is 1. The summed E-state index contributed by atoms with van der Waals surface area (Å²) in [6.45, 7) is 5.22. The van der Waals surface area contributed by atoms with E-state index in [2.05, 4.69) is 10.3 Å². The molecule has 0 aliphatic carbocycles. The first kappa shape index (κ1) is 14.0. The summed E-state index contributed by atoms with van der Waals surface area (Å²) in [7, 11) is 0. The minimum absolute atomic E-state index is 0.278. The minimum Gasteiger partial charge on any atom is -0.467 e. The molecule has 1 aromatic rings. The molecule has 1 aromatic heterocycles. The van der Waals surface area contributed by atoms with Gasteiger partial charge in [-0.1, -0.05) is 0 Å². The van der Waals surface area contributed by atoms with E-state index < -0.39 is 0 Å². The van der Waals surface area contributed by atoms with Crippen molar-refractivity contribution in [3.05, 3.63) is 23.7 Å². The second kappa shape index (κ2) is 6.70. The fraction of sp³-hybridized carbons (Fsp3) is 0.615. The van der Waals surface area contributed by atoms with Gasteiger partial charge in [-0.2, -0.15) is 0 Å². The number of furan rings is 1. The minimum atomic E-state index is -0.317. The van der Waals surface area contributed by atoms with Crippen molar-refractivity contribution in [2.75, 3.05) is 19.7 Å². The van der Waals surface area contributed by atoms with E-state index >= 15 is 0 Å². The first-order valence-corrected chi connectivity index (χ1v) is 6.65. The van der Waals surface area contributed by atoms with Gasteiger partial charge in [0.15, 0.2) is 0 Å². The lowest BCUT2D eigenvalue weighted by atomic mass is 10.1. The van der Waals surface area contributed by atoms with Crippen LogP contribution in [0.1, 0.15) is 35.9 Å². The molecule has 0 radical (unpaired) electrons. The van der Waals surface area contributed by atoms with Crippen molar-refractivity contribution in [3.63, 3.8) is 0 Å². The Hall–Kier alpha value is -1.37. The Morgan fingerprint density at radius 1 is 1.68 bits per heavy atom. The number of hydrogen-bond donors (Lipinski definition) is 2. The lowest BCUT2D eigenvalue weighted by Crippen LogP contribution is -2.39. The Morgan fingerprint density at radius 3 is 3.26 bits per heavy atom. The van der Waals surface area contributed by atoms with Crippen molar-refractivity contribution in [1.82, 2.24) is 10.3 Å². The van der Waals surface area contributed by atoms with Crippen molar-refractivity contribution in [2.45, 2.75) is 32.4 Å². The van der Waals surface area contributed by atoms with Gasteiger partial charge in [-0.3, -0.25) is 15.1 Å². The molecular formula is C13H21N3O3. The van der Waals surface area contributed by atoms with Gasteiger partial charge in [-0.05, 0) is 32.4 Å². The summed E-state index contributed by atoms with van der Waals surface area (Å²) in [5.74, 6) is 5.49. The Morgan fingerprint density at radius 2 is 2.53 bits per heavy atom. The number of nitrogens with zero attached hydrogens (tertiary/aromatic N) is 1. The van der Waals surface area contributed by atoms with Gasteiger partial charge in [-0.25, -0.2) is 5.84 Å². The number of nitrogens with one attached hydrogen (secondary N) is 1. The van der Waals surface area contributed by atoms with E-state index in [-0.39, 0.29) is 12.0 Å². The highest BCUT2D eigenvalue weighted by atomic mass is 16.5. The summed E-state index contributed by atoms with van der Waals surface area (Å²) in [5.41, 5.74) is 2.63. The SMILES string of the molecule is CCOC1CCCN(Cc2occc2C(=O)NN)C1. The van der Waals surface area contributed by atoms with Crippen LogP contribution >= 0.6 is 0 Å². The molecule has 0 spiro atoms. The third kappa shape index (κ3) is 3.56. The molecular weight excluding hydrogens is 246 g/mol. The fourth-order valence-corrected chi connectivity index (χ4v) is 2.47. The normalized spacial score (nSPS) is 20.4. The Balaban J connectivity index is 1.97. The van der Waals surface area contributed by atoms with Gasteiger partial charge in [0.1, 0.15) is 5.76 Å². The summed E-state index contributed by atoms with van der Waals surface area (Å²) >= 11 is 0. The molecule has 106 valence electrons. The predicted octanol–water partition coefficient (Wildman–Crippen LogP) is 0.884. The van der Waals surface area contributed by atoms with Crippen LogP contribution in [-0.4, -0.2) is 36.6 Å². The van der Waals surface area contributed by atoms with Gasteiger partial charge >= 0.3 is 0 Å². The molecule has 2 rings (SSSR count). The quantitative estimate of drug-likeness (QED) is 0.470. The number of carbonyl (C=O) groups is 1. The van der Waals surface area contributed by atoms with E-state index in [9.17, 15) is 4.79 Å².